The van der Waals surface area contributed by atoms with Crippen LogP contribution in [0.1, 0.15) is 43.7 Å². The fraction of sp³-hybridized carbons (Fsp3) is 0.529. The minimum absolute atomic E-state index is 0.0191. The van der Waals surface area contributed by atoms with Crippen LogP contribution in [0.4, 0.5) is 0 Å². The Bertz CT molecular complexity index is 495. The first-order chi connectivity index (χ1) is 10.1. The summed E-state index contributed by atoms with van der Waals surface area (Å²) in [6.45, 7) is 2.12. The van der Waals surface area contributed by atoms with Gasteiger partial charge in [0.1, 0.15) is 0 Å². The zero-order valence-electron chi connectivity index (χ0n) is 12.5. The van der Waals surface area contributed by atoms with Gasteiger partial charge in [-0.3, -0.25) is 9.59 Å². The monoisotopic (exact) mass is 289 g/mol. The smallest absolute Gasteiger partial charge is 0.306 e. The molecule has 1 aliphatic rings. The van der Waals surface area contributed by atoms with E-state index in [1.165, 1.54) is 5.56 Å². The number of benzene rings is 1. The number of nitrogens with one attached hydrogen (secondary N) is 1. The second-order valence-electron chi connectivity index (χ2n) is 5.78. The van der Waals surface area contributed by atoms with E-state index in [1.807, 2.05) is 0 Å². The molecular formula is C17H23NO3. The Morgan fingerprint density at radius 2 is 1.86 bits per heavy atom. The maximum absolute atomic E-state index is 11.9. The van der Waals surface area contributed by atoms with Crippen molar-refractivity contribution in [2.75, 3.05) is 0 Å². The zero-order chi connectivity index (χ0) is 15.2. The number of carbonyl (C=O) groups excluding carboxylic acids is 1. The maximum Gasteiger partial charge on any atom is 0.306 e. The first-order valence-electron chi connectivity index (χ1n) is 7.68. The van der Waals surface area contributed by atoms with E-state index in [9.17, 15) is 9.59 Å². The van der Waals surface area contributed by atoms with Crippen LogP contribution in [0.5, 0.6) is 0 Å². The Labute approximate surface area is 125 Å². The standard InChI is InChI=1S/C17H23NO3/c1-2-12-3-5-13(6-4-12)7-10-16(19)18-15-9-8-14(11-15)17(20)21/h3-6,14-15H,2,7-11H2,1H3,(H,18,19)(H,20,21). The number of carboxylic acids is 1. The van der Waals surface area contributed by atoms with Gasteiger partial charge in [-0.2, -0.15) is 0 Å². The molecule has 0 aliphatic heterocycles. The number of amides is 1. The SMILES string of the molecule is CCc1ccc(CCC(=O)NC2CCC(C(=O)O)C2)cc1. The van der Waals surface area contributed by atoms with E-state index in [0.29, 0.717) is 19.3 Å². The van der Waals surface area contributed by atoms with Crippen molar-refractivity contribution < 1.29 is 14.7 Å². The normalized spacial score (nSPS) is 21.2. The van der Waals surface area contributed by atoms with Gasteiger partial charge in [-0.15, -0.1) is 0 Å². The quantitative estimate of drug-likeness (QED) is 0.845. The van der Waals surface area contributed by atoms with Crippen molar-refractivity contribution in [1.29, 1.82) is 0 Å². The van der Waals surface area contributed by atoms with Gasteiger partial charge < -0.3 is 10.4 Å². The lowest BCUT2D eigenvalue weighted by molar-refractivity contribution is -0.141. The van der Waals surface area contributed by atoms with E-state index in [4.69, 9.17) is 5.11 Å². The summed E-state index contributed by atoms with van der Waals surface area (Å²) in [4.78, 5) is 22.8. The molecule has 2 unspecified atom stereocenters. The topological polar surface area (TPSA) is 66.4 Å². The van der Waals surface area contributed by atoms with Gasteiger partial charge in [-0.1, -0.05) is 31.2 Å². The molecule has 0 heterocycles. The highest BCUT2D eigenvalue weighted by molar-refractivity contribution is 5.77. The highest BCUT2D eigenvalue weighted by Gasteiger charge is 2.30. The summed E-state index contributed by atoms with van der Waals surface area (Å²) < 4.78 is 0. The van der Waals surface area contributed by atoms with E-state index in [2.05, 4.69) is 36.5 Å². The molecule has 0 aromatic heterocycles. The van der Waals surface area contributed by atoms with Crippen molar-refractivity contribution in [2.45, 2.75) is 51.5 Å². The van der Waals surface area contributed by atoms with Crippen molar-refractivity contribution in [3.8, 4) is 0 Å². The molecule has 21 heavy (non-hydrogen) atoms. The van der Waals surface area contributed by atoms with E-state index in [0.717, 1.165) is 24.8 Å². The van der Waals surface area contributed by atoms with Gasteiger partial charge in [0.2, 0.25) is 5.91 Å². The molecule has 1 saturated carbocycles. The predicted molar refractivity (Wildman–Crippen MR) is 81.0 cm³/mol. The number of rotatable bonds is 6. The number of aryl methyl sites for hydroxylation is 2. The van der Waals surface area contributed by atoms with Crippen LogP contribution in [0.2, 0.25) is 0 Å². The van der Waals surface area contributed by atoms with E-state index in [1.54, 1.807) is 0 Å². The van der Waals surface area contributed by atoms with Gasteiger partial charge >= 0.3 is 5.97 Å². The van der Waals surface area contributed by atoms with E-state index < -0.39 is 5.97 Å². The molecule has 1 aliphatic carbocycles. The molecule has 2 atom stereocenters. The van der Waals surface area contributed by atoms with Gasteiger partial charge in [0.15, 0.2) is 0 Å². The molecule has 4 nitrogen and oxygen atoms in total. The Morgan fingerprint density at radius 1 is 1.19 bits per heavy atom. The predicted octanol–water partition coefficient (Wildman–Crippen LogP) is 2.55. The molecule has 0 spiro atoms. The first-order valence-corrected chi connectivity index (χ1v) is 7.68. The molecule has 0 saturated heterocycles. The lowest BCUT2D eigenvalue weighted by Gasteiger charge is -2.12. The van der Waals surface area contributed by atoms with Gasteiger partial charge in [0, 0.05) is 12.5 Å². The van der Waals surface area contributed by atoms with Crippen molar-refractivity contribution in [3.63, 3.8) is 0 Å². The largest absolute Gasteiger partial charge is 0.481 e. The van der Waals surface area contributed by atoms with Crippen molar-refractivity contribution >= 4 is 11.9 Å². The molecule has 1 fully saturated rings. The average molecular weight is 289 g/mol. The molecule has 1 aromatic rings. The van der Waals surface area contributed by atoms with Crippen LogP contribution in [0.25, 0.3) is 0 Å². The highest BCUT2D eigenvalue weighted by Crippen LogP contribution is 2.25. The van der Waals surface area contributed by atoms with E-state index >= 15 is 0 Å². The third-order valence-corrected chi connectivity index (χ3v) is 4.22. The Morgan fingerprint density at radius 3 is 2.43 bits per heavy atom. The van der Waals surface area contributed by atoms with Gasteiger partial charge in [-0.05, 0) is 43.2 Å². The van der Waals surface area contributed by atoms with Crippen molar-refractivity contribution in [3.05, 3.63) is 35.4 Å². The summed E-state index contributed by atoms with van der Waals surface area (Å²) in [5.41, 5.74) is 2.46. The number of hydrogen-bond donors (Lipinski definition) is 2. The molecule has 4 heteroatoms. The van der Waals surface area contributed by atoms with Crippen LogP contribution in [-0.2, 0) is 22.4 Å². The van der Waals surface area contributed by atoms with Crippen molar-refractivity contribution in [2.24, 2.45) is 5.92 Å². The first kappa shape index (κ1) is 15.5. The molecule has 2 N–H and O–H groups in total. The molecule has 0 bridgehead atoms. The van der Waals surface area contributed by atoms with Gasteiger partial charge in [0.05, 0.1) is 5.92 Å². The average Bonchev–Trinajstić information content (AvgIpc) is 2.94. The molecular weight excluding hydrogens is 266 g/mol. The minimum Gasteiger partial charge on any atom is -0.481 e. The summed E-state index contributed by atoms with van der Waals surface area (Å²) in [6.07, 6.45) is 4.21. The van der Waals surface area contributed by atoms with Crippen LogP contribution in [-0.4, -0.2) is 23.0 Å². The summed E-state index contributed by atoms with van der Waals surface area (Å²) in [5, 5.41) is 11.9. The van der Waals surface area contributed by atoms with Crippen LogP contribution >= 0.6 is 0 Å². The summed E-state index contributed by atoms with van der Waals surface area (Å²) in [6, 6.07) is 8.37. The summed E-state index contributed by atoms with van der Waals surface area (Å²) in [5.74, 6) is -1.02. The highest BCUT2D eigenvalue weighted by atomic mass is 16.4. The molecule has 1 aromatic carbocycles. The number of hydrogen-bond acceptors (Lipinski definition) is 2. The number of aliphatic carboxylic acids is 1. The number of carboxylic acid groups (broad SMARTS) is 1. The molecule has 2 rings (SSSR count). The van der Waals surface area contributed by atoms with Crippen LogP contribution in [0.15, 0.2) is 24.3 Å². The number of carbonyl (C=O) groups is 2. The van der Waals surface area contributed by atoms with Crippen LogP contribution in [0, 0.1) is 5.92 Å². The Balaban J connectivity index is 1.73. The Kier molecular flexibility index (Phi) is 5.37. The summed E-state index contributed by atoms with van der Waals surface area (Å²) >= 11 is 0. The van der Waals surface area contributed by atoms with E-state index in [-0.39, 0.29) is 17.9 Å². The third-order valence-electron chi connectivity index (χ3n) is 4.22. The lowest BCUT2D eigenvalue weighted by Crippen LogP contribution is -2.33. The molecule has 1 amide bonds. The fourth-order valence-corrected chi connectivity index (χ4v) is 2.84. The second kappa shape index (κ2) is 7.25. The van der Waals surface area contributed by atoms with Crippen LogP contribution < -0.4 is 5.32 Å². The zero-order valence-corrected chi connectivity index (χ0v) is 12.5. The minimum atomic E-state index is -0.747. The lowest BCUT2D eigenvalue weighted by atomic mass is 10.1. The molecule has 114 valence electrons. The maximum atomic E-state index is 11.9. The fourth-order valence-electron chi connectivity index (χ4n) is 2.84. The van der Waals surface area contributed by atoms with Gasteiger partial charge in [-0.25, -0.2) is 0 Å². The van der Waals surface area contributed by atoms with Gasteiger partial charge in [0.25, 0.3) is 0 Å². The Hall–Kier alpha value is -1.84. The molecule has 0 radical (unpaired) electrons. The second-order valence-corrected chi connectivity index (χ2v) is 5.78. The van der Waals surface area contributed by atoms with Crippen LogP contribution in [0.3, 0.4) is 0 Å². The third kappa shape index (κ3) is 4.59. The summed E-state index contributed by atoms with van der Waals surface area (Å²) in [7, 11) is 0. The van der Waals surface area contributed by atoms with Crippen molar-refractivity contribution in [1.82, 2.24) is 5.32 Å².